The maximum Gasteiger partial charge on any atom is 0.317 e. The minimum atomic E-state index is 0.0364. The number of hydrogen-bond donors (Lipinski definition) is 1. The molecule has 1 saturated heterocycles. The van der Waals surface area contributed by atoms with Gasteiger partial charge < -0.3 is 14.7 Å². The van der Waals surface area contributed by atoms with Gasteiger partial charge in [-0.2, -0.15) is 4.98 Å². The summed E-state index contributed by atoms with van der Waals surface area (Å²) in [4.78, 5) is 18.9. The fraction of sp³-hybridized carbons (Fsp3) is 0.526. The highest BCUT2D eigenvalue weighted by atomic mass is 16.5. The molecule has 0 unspecified atom stereocenters. The largest absolute Gasteiger partial charge is 0.340 e. The number of benzene rings is 1. The predicted molar refractivity (Wildman–Crippen MR) is 93.4 cm³/mol. The molecule has 1 fully saturated rings. The maximum absolute atomic E-state index is 12.7. The van der Waals surface area contributed by atoms with Gasteiger partial charge >= 0.3 is 6.03 Å². The number of urea groups is 1. The number of nitrogens with one attached hydrogen (secondary N) is 1. The van der Waals surface area contributed by atoms with E-state index in [0.29, 0.717) is 12.4 Å². The van der Waals surface area contributed by atoms with Gasteiger partial charge in [0.25, 0.3) is 0 Å². The molecule has 0 radical (unpaired) electrons. The molecule has 2 aromatic rings. The highest BCUT2D eigenvalue weighted by Crippen LogP contribution is 2.25. The zero-order valence-electron chi connectivity index (χ0n) is 14.6. The van der Waals surface area contributed by atoms with Crippen molar-refractivity contribution >= 4 is 6.03 Å². The number of fused-ring (bicyclic) bond motifs is 1. The predicted octanol–water partition coefficient (Wildman–Crippen LogP) is 2.82. The van der Waals surface area contributed by atoms with Crippen molar-refractivity contribution < 1.29 is 9.32 Å². The lowest BCUT2D eigenvalue weighted by molar-refractivity contribution is 0.173. The average molecular weight is 340 g/mol. The van der Waals surface area contributed by atoms with Gasteiger partial charge in [0.2, 0.25) is 5.89 Å². The zero-order chi connectivity index (χ0) is 17.2. The van der Waals surface area contributed by atoms with Gasteiger partial charge in [-0.3, -0.25) is 0 Å². The Morgan fingerprint density at radius 1 is 1.28 bits per heavy atom. The number of carbonyl (C=O) groups excluding carboxylic acids is 1. The summed E-state index contributed by atoms with van der Waals surface area (Å²) in [6, 6.07) is 8.78. The van der Waals surface area contributed by atoms with E-state index in [9.17, 15) is 4.79 Å². The van der Waals surface area contributed by atoms with E-state index in [2.05, 4.69) is 39.7 Å². The Morgan fingerprint density at radius 3 is 2.92 bits per heavy atom. The first-order valence-electron chi connectivity index (χ1n) is 9.11. The Hall–Kier alpha value is -2.37. The summed E-state index contributed by atoms with van der Waals surface area (Å²) in [6.07, 6.45) is 4.93. The van der Waals surface area contributed by atoms with E-state index in [1.807, 2.05) is 4.90 Å². The number of aromatic nitrogens is 2. The molecule has 2 atom stereocenters. The fourth-order valence-corrected chi connectivity index (χ4v) is 3.94. The molecular formula is C19H24N4O2. The third-order valence-electron chi connectivity index (χ3n) is 5.29. The summed E-state index contributed by atoms with van der Waals surface area (Å²) in [5.41, 5.74) is 2.77. The molecule has 0 bridgehead atoms. The van der Waals surface area contributed by atoms with Gasteiger partial charge in [-0.1, -0.05) is 29.4 Å². The van der Waals surface area contributed by atoms with Crippen molar-refractivity contribution in [3.05, 3.63) is 47.1 Å². The van der Waals surface area contributed by atoms with Crippen LogP contribution >= 0.6 is 0 Å². The first kappa shape index (κ1) is 16.1. The van der Waals surface area contributed by atoms with Crippen molar-refractivity contribution in [3.63, 3.8) is 0 Å². The summed E-state index contributed by atoms with van der Waals surface area (Å²) < 4.78 is 5.09. The molecule has 25 heavy (non-hydrogen) atoms. The minimum Gasteiger partial charge on any atom is -0.340 e. The third kappa shape index (κ3) is 3.52. The van der Waals surface area contributed by atoms with E-state index < -0.39 is 0 Å². The number of likely N-dealkylation sites (tertiary alicyclic amines) is 1. The molecule has 2 amide bonds. The molecular weight excluding hydrogens is 316 g/mol. The van der Waals surface area contributed by atoms with Crippen molar-refractivity contribution in [2.45, 2.75) is 51.0 Å². The number of rotatable bonds is 2. The molecule has 0 saturated carbocycles. The number of aryl methyl sites for hydroxylation is 2. The molecule has 2 aliphatic rings. The van der Waals surface area contributed by atoms with E-state index >= 15 is 0 Å². The van der Waals surface area contributed by atoms with Crippen molar-refractivity contribution in [2.24, 2.45) is 0 Å². The van der Waals surface area contributed by atoms with Crippen LogP contribution in [-0.2, 0) is 12.8 Å². The highest BCUT2D eigenvalue weighted by molar-refractivity contribution is 5.74. The van der Waals surface area contributed by atoms with Crippen LogP contribution in [0.5, 0.6) is 0 Å². The van der Waals surface area contributed by atoms with Crippen LogP contribution in [0.4, 0.5) is 4.79 Å². The molecule has 1 aliphatic heterocycles. The first-order chi connectivity index (χ1) is 12.2. The molecule has 1 aromatic heterocycles. The molecule has 4 rings (SSSR count). The van der Waals surface area contributed by atoms with E-state index in [1.165, 1.54) is 11.1 Å². The Bertz CT molecular complexity index is 757. The van der Waals surface area contributed by atoms with Crippen LogP contribution in [0.15, 0.2) is 28.8 Å². The minimum absolute atomic E-state index is 0.0364. The summed E-state index contributed by atoms with van der Waals surface area (Å²) in [5.74, 6) is 1.48. The van der Waals surface area contributed by atoms with Gasteiger partial charge in [-0.05, 0) is 43.2 Å². The van der Waals surface area contributed by atoms with Gasteiger partial charge in [0, 0.05) is 32.0 Å². The number of hydrogen-bond acceptors (Lipinski definition) is 4. The molecule has 6 heteroatoms. The van der Waals surface area contributed by atoms with Crippen LogP contribution in [0.2, 0.25) is 0 Å². The molecule has 1 aromatic carbocycles. The molecule has 6 nitrogen and oxygen atoms in total. The Morgan fingerprint density at radius 2 is 2.12 bits per heavy atom. The lowest BCUT2D eigenvalue weighted by Gasteiger charge is -2.33. The standard InChI is InChI=1S/C19H24N4O2/c1-13-20-18(22-25-13)16-7-4-10-23(12-16)19(24)21-17-9-8-14-5-2-3-6-15(14)11-17/h2-3,5-6,16-17H,4,7-12H2,1H3,(H,21,24)/t16-,17-/m0/s1. The normalized spacial score (nSPS) is 23.2. The number of amides is 2. The summed E-state index contributed by atoms with van der Waals surface area (Å²) >= 11 is 0. The van der Waals surface area contributed by atoms with E-state index in [1.54, 1.807) is 6.92 Å². The van der Waals surface area contributed by atoms with Crippen LogP contribution < -0.4 is 5.32 Å². The van der Waals surface area contributed by atoms with Gasteiger partial charge in [-0.15, -0.1) is 0 Å². The second kappa shape index (κ2) is 6.86. The Kier molecular flexibility index (Phi) is 4.42. The van der Waals surface area contributed by atoms with Crippen molar-refractivity contribution in [3.8, 4) is 0 Å². The molecule has 1 aliphatic carbocycles. The van der Waals surface area contributed by atoms with Crippen molar-refractivity contribution in [1.82, 2.24) is 20.4 Å². The zero-order valence-corrected chi connectivity index (χ0v) is 14.6. The van der Waals surface area contributed by atoms with Crippen molar-refractivity contribution in [2.75, 3.05) is 13.1 Å². The van der Waals surface area contributed by atoms with Gasteiger partial charge in [0.15, 0.2) is 5.82 Å². The molecule has 132 valence electrons. The second-order valence-corrected chi connectivity index (χ2v) is 7.11. The summed E-state index contributed by atoms with van der Waals surface area (Å²) in [5, 5.41) is 7.26. The van der Waals surface area contributed by atoms with Gasteiger partial charge in [-0.25, -0.2) is 4.79 Å². The van der Waals surface area contributed by atoms with E-state index in [-0.39, 0.29) is 18.0 Å². The lowest BCUT2D eigenvalue weighted by atomic mass is 9.88. The van der Waals surface area contributed by atoms with Crippen LogP contribution in [0.3, 0.4) is 0 Å². The number of nitrogens with zero attached hydrogens (tertiary/aromatic N) is 3. The third-order valence-corrected chi connectivity index (χ3v) is 5.29. The SMILES string of the molecule is Cc1nc([C@H]2CCCN(C(=O)N[C@H]3CCc4ccccc4C3)C2)no1. The molecule has 2 heterocycles. The Balaban J connectivity index is 1.36. The van der Waals surface area contributed by atoms with Gasteiger partial charge in [0.1, 0.15) is 0 Å². The second-order valence-electron chi connectivity index (χ2n) is 7.11. The fourth-order valence-electron chi connectivity index (χ4n) is 3.94. The quantitative estimate of drug-likeness (QED) is 0.912. The van der Waals surface area contributed by atoms with Crippen LogP contribution in [0.25, 0.3) is 0 Å². The van der Waals surface area contributed by atoms with E-state index in [4.69, 9.17) is 4.52 Å². The Labute approximate surface area is 147 Å². The van der Waals surface area contributed by atoms with Crippen LogP contribution in [-0.4, -0.2) is 40.2 Å². The molecule has 0 spiro atoms. The van der Waals surface area contributed by atoms with E-state index in [0.717, 1.165) is 44.5 Å². The maximum atomic E-state index is 12.7. The average Bonchev–Trinajstić information content (AvgIpc) is 3.08. The number of piperidine rings is 1. The first-order valence-corrected chi connectivity index (χ1v) is 9.11. The monoisotopic (exact) mass is 340 g/mol. The van der Waals surface area contributed by atoms with Crippen LogP contribution in [0, 0.1) is 6.92 Å². The number of carbonyl (C=O) groups is 1. The van der Waals surface area contributed by atoms with Crippen LogP contribution in [0.1, 0.15) is 48.0 Å². The van der Waals surface area contributed by atoms with Crippen molar-refractivity contribution in [1.29, 1.82) is 0 Å². The smallest absolute Gasteiger partial charge is 0.317 e. The summed E-state index contributed by atoms with van der Waals surface area (Å²) in [6.45, 7) is 3.25. The molecule has 1 N–H and O–H groups in total. The highest BCUT2D eigenvalue weighted by Gasteiger charge is 2.29. The topological polar surface area (TPSA) is 71.3 Å². The lowest BCUT2D eigenvalue weighted by Crippen LogP contribution is -2.49. The summed E-state index contributed by atoms with van der Waals surface area (Å²) in [7, 11) is 0. The van der Waals surface area contributed by atoms with Gasteiger partial charge in [0.05, 0.1) is 0 Å².